The van der Waals surface area contributed by atoms with Crippen LogP contribution < -0.4 is 11.1 Å². The van der Waals surface area contributed by atoms with E-state index < -0.39 is 6.17 Å². The number of nitrogens with zero attached hydrogens (tertiary/aromatic N) is 1. The van der Waals surface area contributed by atoms with Gasteiger partial charge in [-0.1, -0.05) is 6.92 Å². The Morgan fingerprint density at radius 2 is 2.44 bits per heavy atom. The minimum Gasteiger partial charge on any atom is -0.329 e. The first-order chi connectivity index (χ1) is 4.25. The summed E-state index contributed by atoms with van der Waals surface area (Å²) >= 11 is 0. The van der Waals surface area contributed by atoms with Crippen LogP contribution in [0.4, 0.5) is 4.39 Å². The van der Waals surface area contributed by atoms with Gasteiger partial charge in [0, 0.05) is 25.0 Å². The van der Waals surface area contributed by atoms with E-state index in [1.54, 1.807) is 0 Å². The molecule has 0 aromatic rings. The summed E-state index contributed by atoms with van der Waals surface area (Å²) in [6.07, 6.45) is -0.751. The van der Waals surface area contributed by atoms with Crippen molar-refractivity contribution in [3.05, 3.63) is 0 Å². The Morgan fingerprint density at radius 1 is 1.78 bits per heavy atom. The average molecular weight is 131 g/mol. The van der Waals surface area contributed by atoms with Crippen LogP contribution in [0.1, 0.15) is 6.92 Å². The van der Waals surface area contributed by atoms with Crippen LogP contribution in [0.3, 0.4) is 0 Å². The molecular weight excluding hydrogens is 119 g/mol. The van der Waals surface area contributed by atoms with Crippen molar-refractivity contribution in [2.45, 2.75) is 19.1 Å². The second-order valence-electron chi connectivity index (χ2n) is 2.54. The lowest BCUT2D eigenvalue weighted by Crippen LogP contribution is -2.30. The van der Waals surface area contributed by atoms with Crippen molar-refractivity contribution in [2.24, 2.45) is 11.7 Å². The normalized spacial score (nSPS) is 43.7. The largest absolute Gasteiger partial charge is 0.329 e. The number of rotatable bonds is 1. The first-order valence-electron chi connectivity index (χ1n) is 3.26. The average Bonchev–Trinajstić information content (AvgIpc) is 2.15. The zero-order valence-corrected chi connectivity index (χ0v) is 5.55. The van der Waals surface area contributed by atoms with Crippen LogP contribution in [0.5, 0.6) is 0 Å². The van der Waals surface area contributed by atoms with Gasteiger partial charge in [0.25, 0.3) is 0 Å². The zero-order valence-electron chi connectivity index (χ0n) is 5.55. The molecule has 0 amide bonds. The lowest BCUT2D eigenvalue weighted by molar-refractivity contribution is 0.280. The van der Waals surface area contributed by atoms with Crippen molar-refractivity contribution in [2.75, 3.05) is 13.1 Å². The zero-order chi connectivity index (χ0) is 6.85. The van der Waals surface area contributed by atoms with Crippen molar-refractivity contribution in [1.82, 2.24) is 5.32 Å². The Balaban J connectivity index is 2.41. The molecule has 53 valence electrons. The molecule has 1 fully saturated rings. The predicted molar refractivity (Wildman–Crippen MR) is 33.9 cm³/mol. The summed E-state index contributed by atoms with van der Waals surface area (Å²) in [5.74, 6) is 0.0370. The molecule has 0 aromatic carbocycles. The second kappa shape index (κ2) is 2.62. The highest BCUT2D eigenvalue weighted by Crippen LogP contribution is 2.18. The molecule has 1 saturated heterocycles. The number of halogens is 1. The third kappa shape index (κ3) is 1.22. The Labute approximate surface area is 54.6 Å². The van der Waals surface area contributed by atoms with Crippen LogP contribution in [0.2, 0.25) is 0 Å². The molecule has 0 aliphatic carbocycles. The van der Waals surface area contributed by atoms with Crippen LogP contribution in [0.15, 0.2) is 0 Å². The maximum absolute atomic E-state index is 12.6. The maximum Gasteiger partial charge on any atom is 0.118 e. The van der Waals surface area contributed by atoms with Gasteiger partial charge in [-0.15, -0.1) is 0 Å². The molecule has 1 aliphatic heterocycles. The van der Waals surface area contributed by atoms with Gasteiger partial charge in [-0.25, -0.2) is 9.71 Å². The van der Waals surface area contributed by atoms with Gasteiger partial charge in [0.2, 0.25) is 0 Å². The molecule has 1 heterocycles. The van der Waals surface area contributed by atoms with Crippen LogP contribution in [-0.4, -0.2) is 25.3 Å². The Kier molecular flexibility index (Phi) is 2.03. The summed E-state index contributed by atoms with van der Waals surface area (Å²) in [6.45, 7) is 2.70. The first kappa shape index (κ1) is 6.96. The van der Waals surface area contributed by atoms with E-state index in [0.717, 1.165) is 0 Å². The molecule has 3 atom stereocenters. The van der Waals surface area contributed by atoms with Gasteiger partial charge in [0.05, 0.1) is 0 Å². The number of nitrogens with two attached hydrogens (primary N) is 1. The fraction of sp³-hybridized carbons (Fsp3) is 1.00. The van der Waals surface area contributed by atoms with E-state index in [-0.39, 0.29) is 12.0 Å². The molecule has 1 radical (unpaired) electrons. The third-order valence-electron chi connectivity index (χ3n) is 1.93. The van der Waals surface area contributed by atoms with E-state index in [0.29, 0.717) is 13.1 Å². The van der Waals surface area contributed by atoms with Crippen molar-refractivity contribution in [3.8, 4) is 0 Å². The molecule has 2 nitrogen and oxygen atoms in total. The third-order valence-corrected chi connectivity index (χ3v) is 1.93. The minimum absolute atomic E-state index is 0.0370. The van der Waals surface area contributed by atoms with Crippen LogP contribution in [0.25, 0.3) is 0 Å². The maximum atomic E-state index is 12.6. The first-order valence-corrected chi connectivity index (χ1v) is 3.26. The van der Waals surface area contributed by atoms with E-state index in [4.69, 9.17) is 5.73 Å². The lowest BCUT2D eigenvalue weighted by atomic mass is 10.0. The Bertz CT molecular complexity index is 97.1. The van der Waals surface area contributed by atoms with E-state index in [2.05, 4.69) is 5.32 Å². The quantitative estimate of drug-likeness (QED) is 0.530. The molecule has 3 heteroatoms. The highest BCUT2D eigenvalue weighted by Gasteiger charge is 2.32. The Hall–Kier alpha value is -0.150. The molecule has 0 saturated carbocycles. The minimum atomic E-state index is -0.751. The molecule has 0 spiro atoms. The molecule has 1 rings (SSSR count). The van der Waals surface area contributed by atoms with Gasteiger partial charge >= 0.3 is 0 Å². The summed E-state index contributed by atoms with van der Waals surface area (Å²) in [5, 5.41) is 4.02. The van der Waals surface area contributed by atoms with Crippen molar-refractivity contribution >= 4 is 0 Å². The fourth-order valence-corrected chi connectivity index (χ4v) is 1.10. The summed E-state index contributed by atoms with van der Waals surface area (Å²) in [6, 6.07) is 0.0694. The van der Waals surface area contributed by atoms with Crippen LogP contribution >= 0.6 is 0 Å². The molecule has 0 bridgehead atoms. The van der Waals surface area contributed by atoms with Crippen molar-refractivity contribution in [3.63, 3.8) is 0 Å². The topological polar surface area (TPSA) is 40.1 Å². The summed E-state index contributed by atoms with van der Waals surface area (Å²) in [5.41, 5.74) is 5.33. The molecule has 9 heavy (non-hydrogen) atoms. The molecular formula is C6H12FN2. The summed E-state index contributed by atoms with van der Waals surface area (Å²) < 4.78 is 12.6. The highest BCUT2D eigenvalue weighted by molar-refractivity contribution is 4.87. The number of hydrogen-bond acceptors (Lipinski definition) is 1. The van der Waals surface area contributed by atoms with Crippen molar-refractivity contribution in [1.29, 1.82) is 0 Å². The van der Waals surface area contributed by atoms with Gasteiger partial charge in [0.15, 0.2) is 0 Å². The standard InChI is InChI=1S/C6H12FN2/c1-4-5(7)3-9-6(4)2-8/h4-6H,2-3,8H2,1H3. The van der Waals surface area contributed by atoms with Crippen LogP contribution in [0, 0.1) is 5.92 Å². The van der Waals surface area contributed by atoms with Gasteiger partial charge < -0.3 is 5.73 Å². The van der Waals surface area contributed by atoms with Gasteiger partial charge in [0.1, 0.15) is 6.17 Å². The van der Waals surface area contributed by atoms with E-state index >= 15 is 0 Å². The van der Waals surface area contributed by atoms with Crippen LogP contribution in [-0.2, 0) is 0 Å². The van der Waals surface area contributed by atoms with E-state index in [1.807, 2.05) is 6.92 Å². The van der Waals surface area contributed by atoms with E-state index in [1.165, 1.54) is 0 Å². The SMILES string of the molecule is CC1C(F)C[N]C1CN. The van der Waals surface area contributed by atoms with Gasteiger partial charge in [-0.3, -0.25) is 0 Å². The monoisotopic (exact) mass is 131 g/mol. The summed E-state index contributed by atoms with van der Waals surface area (Å²) in [4.78, 5) is 0. The fourth-order valence-electron chi connectivity index (χ4n) is 1.10. The van der Waals surface area contributed by atoms with Gasteiger partial charge in [-0.05, 0) is 0 Å². The molecule has 3 unspecified atom stereocenters. The number of alkyl halides is 1. The summed E-state index contributed by atoms with van der Waals surface area (Å²) in [7, 11) is 0. The van der Waals surface area contributed by atoms with Crippen molar-refractivity contribution < 1.29 is 4.39 Å². The lowest BCUT2D eigenvalue weighted by Gasteiger charge is -2.11. The van der Waals surface area contributed by atoms with E-state index in [9.17, 15) is 4.39 Å². The molecule has 0 aromatic heterocycles. The Morgan fingerprint density at radius 3 is 2.67 bits per heavy atom. The molecule has 1 aliphatic rings. The molecule has 2 N–H and O–H groups in total. The smallest absolute Gasteiger partial charge is 0.118 e. The predicted octanol–water partition coefficient (Wildman–Crippen LogP) is -0.0941. The second-order valence-corrected chi connectivity index (χ2v) is 2.54. The van der Waals surface area contributed by atoms with Gasteiger partial charge in [-0.2, -0.15) is 0 Å². The highest BCUT2D eigenvalue weighted by atomic mass is 19.1. The number of hydrogen-bond donors (Lipinski definition) is 1.